The third-order valence-corrected chi connectivity index (χ3v) is 0.626. The van der Waals surface area contributed by atoms with Gasteiger partial charge in [0.25, 0.3) is 0 Å². The monoisotopic (exact) mass is 99.0 g/mol. The topological polar surface area (TPSA) is 44.4 Å². The van der Waals surface area contributed by atoms with Gasteiger partial charge in [-0.2, -0.15) is 0 Å². The fraction of sp³-hybridized carbons (Fsp3) is 0. The number of hydrogen-bond donors (Lipinski definition) is 2. The van der Waals surface area contributed by atoms with Gasteiger partial charge >= 0.3 is 0 Å². The van der Waals surface area contributed by atoms with E-state index in [0.717, 1.165) is 0 Å². The highest BCUT2D eigenvalue weighted by Gasteiger charge is 1.95. The van der Waals surface area contributed by atoms with Crippen molar-refractivity contribution in [3.63, 3.8) is 0 Å². The van der Waals surface area contributed by atoms with Crippen LogP contribution in [-0.2, 0) is 4.79 Å². The van der Waals surface area contributed by atoms with Crippen LogP contribution in [0.3, 0.4) is 0 Å². The average Bonchev–Trinajstić information content (AvgIpc) is 2.14. The molecule has 7 heavy (non-hydrogen) atoms. The summed E-state index contributed by atoms with van der Waals surface area (Å²) in [6, 6.07) is 0. The van der Waals surface area contributed by atoms with E-state index in [1.165, 1.54) is 5.01 Å². The molecular weight excluding hydrogens is 94.1 g/mol. The summed E-state index contributed by atoms with van der Waals surface area (Å²) >= 11 is 0. The van der Waals surface area contributed by atoms with Gasteiger partial charge in [-0.05, 0) is 0 Å². The lowest BCUT2D eigenvalue weighted by atomic mass is 10.9. The molecule has 0 bridgehead atoms. The van der Waals surface area contributed by atoms with E-state index < -0.39 is 0 Å². The van der Waals surface area contributed by atoms with Gasteiger partial charge < -0.3 is 5.43 Å². The van der Waals surface area contributed by atoms with Crippen LogP contribution in [0.4, 0.5) is 0 Å². The molecule has 0 aliphatic carbocycles. The number of carbonyl (C=O) groups is 1. The Kier molecular flexibility index (Phi) is 0.953. The Morgan fingerprint density at radius 1 is 1.71 bits per heavy atom. The molecule has 4 nitrogen and oxygen atoms in total. The molecule has 0 atom stereocenters. The number of nitrogens with one attached hydrogen (secondary N) is 2. The minimum atomic E-state index is 0.663. The van der Waals surface area contributed by atoms with E-state index >= 15 is 0 Å². The zero-order valence-electron chi connectivity index (χ0n) is 3.59. The van der Waals surface area contributed by atoms with Gasteiger partial charge in [-0.15, -0.1) is 5.53 Å². The summed E-state index contributed by atoms with van der Waals surface area (Å²) in [6.07, 6.45) is 3.86. The molecule has 0 aromatic rings. The molecule has 1 aliphatic heterocycles. The Morgan fingerprint density at radius 2 is 2.57 bits per heavy atom. The van der Waals surface area contributed by atoms with Gasteiger partial charge in [0, 0.05) is 12.4 Å². The van der Waals surface area contributed by atoms with Crippen molar-refractivity contribution in [2.24, 2.45) is 0 Å². The van der Waals surface area contributed by atoms with Gasteiger partial charge in [-0.25, -0.2) is 5.01 Å². The van der Waals surface area contributed by atoms with E-state index in [1.807, 2.05) is 0 Å². The van der Waals surface area contributed by atoms with E-state index in [-0.39, 0.29) is 0 Å². The van der Waals surface area contributed by atoms with Crippen molar-refractivity contribution in [1.29, 1.82) is 0 Å². The van der Waals surface area contributed by atoms with Gasteiger partial charge in [-0.1, -0.05) is 0 Å². The quantitative estimate of drug-likeness (QED) is 0.412. The third kappa shape index (κ3) is 0.690. The molecule has 0 aromatic heterocycles. The second kappa shape index (κ2) is 1.61. The van der Waals surface area contributed by atoms with Gasteiger partial charge in [0.05, 0.1) is 0 Å². The SMILES string of the molecule is O=CN1C=CNN1. The first kappa shape index (κ1) is 4.14. The summed E-state index contributed by atoms with van der Waals surface area (Å²) in [4.78, 5) is 9.78. The van der Waals surface area contributed by atoms with Gasteiger partial charge in [0.1, 0.15) is 0 Å². The van der Waals surface area contributed by atoms with Crippen molar-refractivity contribution in [3.05, 3.63) is 12.4 Å². The highest BCUT2D eigenvalue weighted by Crippen LogP contribution is 1.79. The highest BCUT2D eigenvalue weighted by molar-refractivity contribution is 5.48. The molecule has 4 heteroatoms. The van der Waals surface area contributed by atoms with Crippen molar-refractivity contribution in [3.8, 4) is 0 Å². The minimum Gasteiger partial charge on any atom is -0.309 e. The maximum atomic E-state index is 9.78. The van der Waals surface area contributed by atoms with E-state index in [4.69, 9.17) is 0 Å². The van der Waals surface area contributed by atoms with Crippen molar-refractivity contribution >= 4 is 6.41 Å². The maximum Gasteiger partial charge on any atom is 0.229 e. The lowest BCUT2D eigenvalue weighted by Gasteiger charge is -2.02. The maximum absolute atomic E-state index is 9.78. The molecule has 38 valence electrons. The first-order valence-corrected chi connectivity index (χ1v) is 1.85. The Labute approximate surface area is 40.7 Å². The number of hydrazine groups is 2. The predicted octanol–water partition coefficient (Wildman–Crippen LogP) is -1.06. The van der Waals surface area contributed by atoms with Crippen molar-refractivity contribution in [1.82, 2.24) is 16.0 Å². The van der Waals surface area contributed by atoms with Crippen molar-refractivity contribution in [2.75, 3.05) is 0 Å². The van der Waals surface area contributed by atoms with Gasteiger partial charge in [0.15, 0.2) is 0 Å². The molecule has 1 heterocycles. The molecular formula is C3H5N3O. The molecule has 0 spiro atoms. The standard InChI is InChI=1S/C3H5N3O/c7-3-6-2-1-4-5-6/h1-5H. The number of hydrogen-bond acceptors (Lipinski definition) is 3. The first-order chi connectivity index (χ1) is 3.43. The number of nitrogens with zero attached hydrogens (tertiary/aromatic N) is 1. The van der Waals surface area contributed by atoms with Crippen LogP contribution in [0.25, 0.3) is 0 Å². The van der Waals surface area contributed by atoms with Crippen molar-refractivity contribution < 1.29 is 4.79 Å². The Balaban J connectivity index is 2.42. The lowest BCUT2D eigenvalue weighted by molar-refractivity contribution is -0.118. The van der Waals surface area contributed by atoms with Crippen LogP contribution < -0.4 is 11.0 Å². The number of amides is 1. The van der Waals surface area contributed by atoms with E-state index in [0.29, 0.717) is 6.41 Å². The zero-order valence-corrected chi connectivity index (χ0v) is 3.59. The van der Waals surface area contributed by atoms with Crippen LogP contribution in [0.5, 0.6) is 0 Å². The number of rotatable bonds is 1. The fourth-order valence-corrected chi connectivity index (χ4v) is 0.328. The van der Waals surface area contributed by atoms with E-state index in [2.05, 4.69) is 11.0 Å². The molecule has 0 unspecified atom stereocenters. The largest absolute Gasteiger partial charge is 0.309 e. The van der Waals surface area contributed by atoms with Crippen LogP contribution in [0, 0.1) is 0 Å². The molecule has 1 rings (SSSR count). The van der Waals surface area contributed by atoms with Gasteiger partial charge in [0.2, 0.25) is 6.41 Å². The smallest absolute Gasteiger partial charge is 0.229 e. The normalized spacial score (nSPS) is 16.9. The van der Waals surface area contributed by atoms with E-state index in [9.17, 15) is 4.79 Å². The number of carbonyl (C=O) groups excluding carboxylic acids is 1. The van der Waals surface area contributed by atoms with Gasteiger partial charge in [-0.3, -0.25) is 4.79 Å². The fourth-order valence-electron chi connectivity index (χ4n) is 0.328. The Morgan fingerprint density at radius 3 is 2.86 bits per heavy atom. The Bertz CT molecular complexity index is 100. The zero-order chi connectivity index (χ0) is 5.11. The summed E-state index contributed by atoms with van der Waals surface area (Å²) in [5.41, 5.74) is 5.10. The molecule has 0 saturated carbocycles. The molecule has 0 fully saturated rings. The molecule has 1 aliphatic rings. The van der Waals surface area contributed by atoms with E-state index in [1.54, 1.807) is 12.4 Å². The lowest BCUT2D eigenvalue weighted by Crippen LogP contribution is -2.34. The van der Waals surface area contributed by atoms with Crippen LogP contribution in [-0.4, -0.2) is 11.4 Å². The van der Waals surface area contributed by atoms with Crippen LogP contribution in [0.1, 0.15) is 0 Å². The minimum absolute atomic E-state index is 0.663. The van der Waals surface area contributed by atoms with Crippen LogP contribution in [0.15, 0.2) is 12.4 Å². The summed E-state index contributed by atoms with van der Waals surface area (Å²) in [5.74, 6) is 0. The van der Waals surface area contributed by atoms with Crippen LogP contribution >= 0.6 is 0 Å². The summed E-state index contributed by atoms with van der Waals surface area (Å²) in [6.45, 7) is 0. The molecule has 1 amide bonds. The predicted molar refractivity (Wildman–Crippen MR) is 23.3 cm³/mol. The summed E-state index contributed by atoms with van der Waals surface area (Å²) in [7, 11) is 0. The molecule has 2 N–H and O–H groups in total. The second-order valence-corrected chi connectivity index (χ2v) is 1.08. The second-order valence-electron chi connectivity index (χ2n) is 1.08. The van der Waals surface area contributed by atoms with Crippen LogP contribution in [0.2, 0.25) is 0 Å². The molecule has 0 aromatic carbocycles. The molecule has 0 radical (unpaired) electrons. The third-order valence-electron chi connectivity index (χ3n) is 0.626. The first-order valence-electron chi connectivity index (χ1n) is 1.85. The average molecular weight is 99.1 g/mol. The highest BCUT2D eigenvalue weighted by atomic mass is 16.1. The summed E-state index contributed by atoms with van der Waals surface area (Å²) in [5, 5.41) is 1.26. The Hall–Kier alpha value is -1.03. The molecule has 0 saturated heterocycles. The summed E-state index contributed by atoms with van der Waals surface area (Å²) < 4.78 is 0. The van der Waals surface area contributed by atoms with Crippen molar-refractivity contribution in [2.45, 2.75) is 0 Å².